The van der Waals surface area contributed by atoms with E-state index in [4.69, 9.17) is 10.6 Å². The van der Waals surface area contributed by atoms with Crippen LogP contribution >= 0.6 is 0 Å². The molecule has 0 aliphatic heterocycles. The quantitative estimate of drug-likeness (QED) is 0.617. The van der Waals surface area contributed by atoms with Crippen LogP contribution in [0.2, 0.25) is 0 Å². The van der Waals surface area contributed by atoms with Gasteiger partial charge in [0, 0.05) is 17.9 Å². The summed E-state index contributed by atoms with van der Waals surface area (Å²) in [5, 5.41) is 17.9. The molecule has 3 heteroatoms. The maximum atomic E-state index is 9.23. The van der Waals surface area contributed by atoms with E-state index in [1.807, 2.05) is 0 Å². The molecule has 0 aliphatic rings. The molecule has 2 N–H and O–H groups in total. The van der Waals surface area contributed by atoms with E-state index in [9.17, 15) is 5.11 Å². The molecule has 0 saturated carbocycles. The molecule has 10 heavy (non-hydrogen) atoms. The first-order valence-electron chi connectivity index (χ1n) is 4.72. The average molecular weight is 143 g/mol. The van der Waals surface area contributed by atoms with Crippen LogP contribution in [0.15, 0.2) is 24.4 Å². The van der Waals surface area contributed by atoms with E-state index in [2.05, 4.69) is 4.98 Å². The van der Waals surface area contributed by atoms with Gasteiger partial charge in [-0.2, -0.15) is 0 Å². The fraction of sp³-hybridized carbons (Fsp3) is 0.286. The van der Waals surface area contributed by atoms with Gasteiger partial charge in [-0.1, -0.05) is 6.04 Å². The Kier molecular flexibility index (Phi) is 1.14. The standard InChI is InChI=1S/C7H9NO2/c9-5-7(10)6-2-1-3-8-4-6/h1-4,7,9-10H,5H2/i1D,2D,3D,4D. The van der Waals surface area contributed by atoms with Crippen LogP contribution in [0, 0.1) is 0 Å². The van der Waals surface area contributed by atoms with Crippen LogP contribution in [-0.4, -0.2) is 21.8 Å². The third-order valence-corrected chi connectivity index (χ3v) is 0.991. The van der Waals surface area contributed by atoms with E-state index in [1.54, 1.807) is 0 Å². The lowest BCUT2D eigenvalue weighted by Gasteiger charge is -2.04. The summed E-state index contributed by atoms with van der Waals surface area (Å²) in [5.41, 5.74) is -0.214. The molecule has 1 aromatic heterocycles. The SMILES string of the molecule is [2H]c1nc([2H])c(C(O)CO)c([2H])c1[2H]. The summed E-state index contributed by atoms with van der Waals surface area (Å²) in [6.07, 6.45) is -2.32. The van der Waals surface area contributed by atoms with Crippen LogP contribution in [0.5, 0.6) is 0 Å². The number of aromatic nitrogens is 1. The molecular weight excluding hydrogens is 130 g/mol. The van der Waals surface area contributed by atoms with Gasteiger partial charge in [-0.3, -0.25) is 4.98 Å². The lowest BCUT2D eigenvalue weighted by atomic mass is 10.2. The zero-order chi connectivity index (χ0) is 10.9. The topological polar surface area (TPSA) is 53.4 Å². The van der Waals surface area contributed by atoms with E-state index in [0.29, 0.717) is 0 Å². The Morgan fingerprint density at radius 1 is 1.80 bits per heavy atom. The Balaban J connectivity index is 3.36. The second kappa shape index (κ2) is 3.29. The van der Waals surface area contributed by atoms with Gasteiger partial charge >= 0.3 is 0 Å². The predicted molar refractivity (Wildman–Crippen MR) is 36.3 cm³/mol. The van der Waals surface area contributed by atoms with Crippen molar-refractivity contribution in [1.29, 1.82) is 0 Å². The van der Waals surface area contributed by atoms with Crippen LogP contribution < -0.4 is 0 Å². The van der Waals surface area contributed by atoms with Crippen molar-refractivity contribution in [3.8, 4) is 0 Å². The van der Waals surface area contributed by atoms with Gasteiger partial charge in [0.1, 0.15) is 6.10 Å². The van der Waals surface area contributed by atoms with Gasteiger partial charge in [-0.15, -0.1) is 0 Å². The van der Waals surface area contributed by atoms with Crippen LogP contribution in [0.4, 0.5) is 0 Å². The minimum atomic E-state index is -1.40. The minimum absolute atomic E-state index is 0.214. The van der Waals surface area contributed by atoms with Crippen molar-refractivity contribution in [2.75, 3.05) is 6.61 Å². The second-order valence-corrected chi connectivity index (χ2v) is 1.70. The molecule has 54 valence electrons. The third-order valence-electron chi connectivity index (χ3n) is 0.991. The zero-order valence-corrected chi connectivity index (χ0v) is 5.13. The fourth-order valence-corrected chi connectivity index (χ4v) is 0.488. The molecule has 1 rings (SSSR count). The predicted octanol–water partition coefficient (Wildman–Crippen LogP) is 0.107. The van der Waals surface area contributed by atoms with Crippen molar-refractivity contribution < 1.29 is 15.7 Å². The van der Waals surface area contributed by atoms with Crippen LogP contribution in [0.1, 0.15) is 17.2 Å². The van der Waals surface area contributed by atoms with Gasteiger partial charge in [0.25, 0.3) is 0 Å². The van der Waals surface area contributed by atoms with Crippen molar-refractivity contribution >= 4 is 0 Å². The Hall–Kier alpha value is -0.930. The van der Waals surface area contributed by atoms with Gasteiger partial charge in [0.2, 0.25) is 0 Å². The van der Waals surface area contributed by atoms with Gasteiger partial charge in [0.05, 0.1) is 12.1 Å². The first-order valence-corrected chi connectivity index (χ1v) is 2.72. The molecule has 3 nitrogen and oxygen atoms in total. The minimum Gasteiger partial charge on any atom is -0.393 e. The molecule has 1 heterocycles. The second-order valence-electron chi connectivity index (χ2n) is 1.70. The van der Waals surface area contributed by atoms with E-state index < -0.39 is 37.1 Å². The average Bonchev–Trinajstić information content (AvgIpc) is 2.14. The molecular formula is C7H9NO2. The molecule has 0 fully saturated rings. The molecule has 0 bridgehead atoms. The number of hydrogen-bond donors (Lipinski definition) is 2. The first kappa shape index (κ1) is 3.46. The zero-order valence-electron chi connectivity index (χ0n) is 9.13. The molecule has 1 unspecified atom stereocenters. The number of pyridine rings is 1. The molecule has 0 aliphatic carbocycles. The maximum Gasteiger partial charge on any atom is 0.104 e. The van der Waals surface area contributed by atoms with Crippen molar-refractivity contribution in [1.82, 2.24) is 4.98 Å². The maximum absolute atomic E-state index is 9.23. The fourth-order valence-electron chi connectivity index (χ4n) is 0.488. The normalized spacial score (nSPS) is 18.6. The summed E-state index contributed by atoms with van der Waals surface area (Å²) in [5.74, 6) is 0. The number of hydrogen-bond acceptors (Lipinski definition) is 3. The Morgan fingerprint density at radius 3 is 3.30 bits per heavy atom. The number of aliphatic hydroxyl groups excluding tert-OH is 2. The smallest absolute Gasteiger partial charge is 0.104 e. The van der Waals surface area contributed by atoms with Crippen molar-refractivity contribution in [3.63, 3.8) is 0 Å². The highest BCUT2D eigenvalue weighted by atomic mass is 16.3. The van der Waals surface area contributed by atoms with Crippen molar-refractivity contribution in [2.24, 2.45) is 0 Å². The molecule has 1 aromatic rings. The summed E-state index contributed by atoms with van der Waals surface area (Å²) >= 11 is 0. The lowest BCUT2D eigenvalue weighted by Crippen LogP contribution is -2.01. The molecule has 0 saturated heterocycles. The highest BCUT2D eigenvalue weighted by Crippen LogP contribution is 2.08. The molecule has 1 atom stereocenters. The van der Waals surface area contributed by atoms with E-state index in [-0.39, 0.29) is 5.56 Å². The summed E-state index contributed by atoms with van der Waals surface area (Å²) in [6, 6.07) is -0.889. The highest BCUT2D eigenvalue weighted by Gasteiger charge is 2.02. The van der Waals surface area contributed by atoms with E-state index >= 15 is 0 Å². The van der Waals surface area contributed by atoms with Gasteiger partial charge in [-0.05, 0) is 6.04 Å². The Bertz CT molecular complexity index is 358. The third kappa shape index (κ3) is 1.52. The molecule has 0 amide bonds. The van der Waals surface area contributed by atoms with Crippen LogP contribution in [-0.2, 0) is 0 Å². The number of rotatable bonds is 2. The summed E-state index contributed by atoms with van der Waals surface area (Å²) in [6.45, 7) is -0.643. The lowest BCUT2D eigenvalue weighted by molar-refractivity contribution is 0.0953. The van der Waals surface area contributed by atoms with Crippen LogP contribution in [0.3, 0.4) is 0 Å². The molecule has 0 aromatic carbocycles. The van der Waals surface area contributed by atoms with Gasteiger partial charge in [-0.25, -0.2) is 0 Å². The van der Waals surface area contributed by atoms with Crippen molar-refractivity contribution in [3.05, 3.63) is 30.0 Å². The van der Waals surface area contributed by atoms with E-state index in [0.717, 1.165) is 0 Å². The Labute approximate surface area is 64.6 Å². The number of nitrogens with zero attached hydrogens (tertiary/aromatic N) is 1. The highest BCUT2D eigenvalue weighted by molar-refractivity contribution is 5.11. The number of aliphatic hydroxyl groups is 2. The van der Waals surface area contributed by atoms with Crippen molar-refractivity contribution in [2.45, 2.75) is 6.10 Å². The van der Waals surface area contributed by atoms with Gasteiger partial charge in [0.15, 0.2) is 0 Å². The summed E-state index contributed by atoms with van der Waals surface area (Å²) in [4.78, 5) is 3.36. The molecule has 0 spiro atoms. The summed E-state index contributed by atoms with van der Waals surface area (Å²) < 4.78 is 29.0. The Morgan fingerprint density at radius 2 is 2.60 bits per heavy atom. The molecule has 0 radical (unpaired) electrons. The van der Waals surface area contributed by atoms with Gasteiger partial charge < -0.3 is 10.2 Å². The van der Waals surface area contributed by atoms with Crippen LogP contribution in [0.25, 0.3) is 0 Å². The largest absolute Gasteiger partial charge is 0.393 e. The summed E-state index contributed by atoms with van der Waals surface area (Å²) in [7, 11) is 0. The first-order chi connectivity index (χ1) is 6.49. The monoisotopic (exact) mass is 143 g/mol. The van der Waals surface area contributed by atoms with E-state index in [1.165, 1.54) is 0 Å².